The molecule has 0 fully saturated rings. The van der Waals surface area contributed by atoms with Crippen LogP contribution in [0.15, 0.2) is 42.6 Å². The number of Topliss-reactive ketones (excluding diaryl/α,β-unsaturated/α-hetero) is 2. The molecule has 0 N–H and O–H groups in total. The van der Waals surface area contributed by atoms with Crippen LogP contribution in [0, 0.1) is 13.5 Å². The zero-order chi connectivity index (χ0) is 15.9. The van der Waals surface area contributed by atoms with Crippen LogP contribution < -0.4 is 0 Å². The number of benzene rings is 1. The third-order valence-corrected chi connectivity index (χ3v) is 3.23. The normalized spacial score (nSPS) is 10.0. The number of pyridine rings is 1. The van der Waals surface area contributed by atoms with Crippen molar-refractivity contribution in [2.45, 2.75) is 26.2 Å². The summed E-state index contributed by atoms with van der Waals surface area (Å²) in [6, 6.07) is 10.6. The van der Waals surface area contributed by atoms with Crippen LogP contribution in [0.5, 0.6) is 0 Å². The van der Waals surface area contributed by atoms with Gasteiger partial charge < -0.3 is 0 Å². The lowest BCUT2D eigenvalue weighted by molar-refractivity contribution is -0.126. The fraction of sp³-hybridized carbons (Fsp3) is 0.222. The molecular weight excluding hydrogens is 276 g/mol. The second-order valence-electron chi connectivity index (χ2n) is 5.19. The average Bonchev–Trinajstić information content (AvgIpc) is 2.50. The smallest absolute Gasteiger partial charge is 0.187 e. The van der Waals surface area contributed by atoms with Crippen LogP contribution >= 0.6 is 0 Å². The Kier molecular flexibility index (Phi) is 5.16. The van der Waals surface area contributed by atoms with E-state index in [-0.39, 0.29) is 30.8 Å². The Bertz CT molecular complexity index is 710. The Morgan fingerprint density at radius 1 is 1.00 bits per heavy atom. The van der Waals surface area contributed by atoms with Crippen LogP contribution in [-0.2, 0) is 22.4 Å². The maximum atomic E-state index is 11.9. The fourth-order valence-corrected chi connectivity index (χ4v) is 2.09. The van der Waals surface area contributed by atoms with Gasteiger partial charge in [-0.2, -0.15) is 0 Å². The van der Waals surface area contributed by atoms with E-state index in [1.807, 2.05) is 19.1 Å². The molecular formula is C18H16N2O2. The Morgan fingerprint density at radius 2 is 1.59 bits per heavy atom. The van der Waals surface area contributed by atoms with Gasteiger partial charge in [-0.1, -0.05) is 30.3 Å². The summed E-state index contributed by atoms with van der Waals surface area (Å²) in [6.07, 6.45) is 2.05. The van der Waals surface area contributed by atoms with E-state index < -0.39 is 0 Å². The minimum atomic E-state index is -0.111. The van der Waals surface area contributed by atoms with Crippen LogP contribution in [0.4, 0.5) is 5.69 Å². The first-order chi connectivity index (χ1) is 10.6. The van der Waals surface area contributed by atoms with Crippen molar-refractivity contribution in [1.29, 1.82) is 0 Å². The van der Waals surface area contributed by atoms with Gasteiger partial charge in [0.2, 0.25) is 0 Å². The molecule has 0 atom stereocenters. The molecule has 0 amide bonds. The molecule has 4 heteroatoms. The van der Waals surface area contributed by atoms with Crippen LogP contribution in [0.2, 0.25) is 0 Å². The van der Waals surface area contributed by atoms with Crippen molar-refractivity contribution in [3.63, 3.8) is 0 Å². The number of ketones is 2. The van der Waals surface area contributed by atoms with Crippen LogP contribution in [0.3, 0.4) is 0 Å². The Labute approximate surface area is 129 Å². The fourth-order valence-electron chi connectivity index (χ4n) is 2.09. The van der Waals surface area contributed by atoms with Gasteiger partial charge in [-0.25, -0.2) is 4.85 Å². The molecule has 0 saturated heterocycles. The van der Waals surface area contributed by atoms with Gasteiger partial charge in [-0.05, 0) is 24.1 Å². The Hall–Kier alpha value is -2.80. The molecule has 1 aromatic carbocycles. The van der Waals surface area contributed by atoms with E-state index >= 15 is 0 Å². The topological polar surface area (TPSA) is 51.4 Å². The standard InChI is InChI=1S/C18H16N2O2/c1-13-3-4-15(12-20-13)10-18(22)11-17(21)9-14-5-7-16(19-2)8-6-14/h3-8,12H,9-11H2,1H3. The molecule has 0 aliphatic carbocycles. The zero-order valence-corrected chi connectivity index (χ0v) is 12.4. The molecule has 0 radical (unpaired) electrons. The summed E-state index contributed by atoms with van der Waals surface area (Å²) in [5.74, 6) is -0.214. The molecule has 22 heavy (non-hydrogen) atoms. The third kappa shape index (κ3) is 4.64. The molecule has 110 valence electrons. The molecule has 0 unspecified atom stereocenters. The second-order valence-corrected chi connectivity index (χ2v) is 5.19. The van der Waals surface area contributed by atoms with Crippen molar-refractivity contribution in [2.75, 3.05) is 0 Å². The largest absolute Gasteiger partial charge is 0.299 e. The summed E-state index contributed by atoms with van der Waals surface area (Å²) >= 11 is 0. The van der Waals surface area contributed by atoms with E-state index in [4.69, 9.17) is 6.57 Å². The number of aromatic nitrogens is 1. The number of nitrogens with zero attached hydrogens (tertiary/aromatic N) is 2. The van der Waals surface area contributed by atoms with Crippen LogP contribution in [0.1, 0.15) is 23.2 Å². The number of aryl methyl sites for hydroxylation is 1. The molecule has 0 bridgehead atoms. The molecule has 1 heterocycles. The SMILES string of the molecule is [C-]#[N+]c1ccc(CC(=O)CC(=O)Cc2ccc(C)nc2)cc1. The maximum absolute atomic E-state index is 11.9. The summed E-state index contributed by atoms with van der Waals surface area (Å²) < 4.78 is 0. The van der Waals surface area contributed by atoms with E-state index in [2.05, 4.69) is 9.83 Å². The molecule has 0 aliphatic rings. The highest BCUT2D eigenvalue weighted by atomic mass is 16.1. The van der Waals surface area contributed by atoms with Crippen LogP contribution in [-0.4, -0.2) is 16.6 Å². The van der Waals surface area contributed by atoms with Gasteiger partial charge in [0.15, 0.2) is 5.69 Å². The lowest BCUT2D eigenvalue weighted by atomic mass is 10.0. The van der Waals surface area contributed by atoms with Gasteiger partial charge in [0, 0.05) is 24.7 Å². The monoisotopic (exact) mass is 292 g/mol. The highest BCUT2D eigenvalue weighted by Crippen LogP contribution is 2.13. The number of hydrogen-bond donors (Lipinski definition) is 0. The van der Waals surface area contributed by atoms with Crippen molar-refractivity contribution < 1.29 is 9.59 Å². The highest BCUT2D eigenvalue weighted by Gasteiger charge is 2.11. The predicted octanol–water partition coefficient (Wildman–Crippen LogP) is 3.25. The van der Waals surface area contributed by atoms with E-state index in [9.17, 15) is 9.59 Å². The van der Waals surface area contributed by atoms with Gasteiger partial charge in [-0.3, -0.25) is 14.6 Å². The molecule has 4 nitrogen and oxygen atoms in total. The molecule has 0 saturated carbocycles. The summed E-state index contributed by atoms with van der Waals surface area (Å²) in [5.41, 5.74) is 3.08. The number of rotatable bonds is 6. The number of carbonyl (C=O) groups is 2. The van der Waals surface area contributed by atoms with Crippen molar-refractivity contribution in [3.05, 3.63) is 70.8 Å². The molecule has 2 aromatic rings. The summed E-state index contributed by atoms with van der Waals surface area (Å²) in [7, 11) is 0. The third-order valence-electron chi connectivity index (χ3n) is 3.23. The first kappa shape index (κ1) is 15.6. The highest BCUT2D eigenvalue weighted by molar-refractivity contribution is 6.00. The van der Waals surface area contributed by atoms with E-state index in [0.29, 0.717) is 5.69 Å². The van der Waals surface area contributed by atoms with Crippen molar-refractivity contribution >= 4 is 17.3 Å². The average molecular weight is 292 g/mol. The van der Waals surface area contributed by atoms with Gasteiger partial charge in [0.25, 0.3) is 0 Å². The minimum Gasteiger partial charge on any atom is -0.299 e. The summed E-state index contributed by atoms with van der Waals surface area (Å²) in [5, 5.41) is 0. The second kappa shape index (κ2) is 7.28. The number of carbonyl (C=O) groups excluding carboxylic acids is 2. The molecule has 2 rings (SSSR count). The van der Waals surface area contributed by atoms with Crippen molar-refractivity contribution in [2.24, 2.45) is 0 Å². The predicted molar refractivity (Wildman–Crippen MR) is 83.7 cm³/mol. The lowest BCUT2D eigenvalue weighted by Crippen LogP contribution is -2.12. The van der Waals surface area contributed by atoms with E-state index in [1.54, 1.807) is 30.5 Å². The van der Waals surface area contributed by atoms with Crippen molar-refractivity contribution in [3.8, 4) is 0 Å². The molecule has 0 aliphatic heterocycles. The zero-order valence-electron chi connectivity index (χ0n) is 12.4. The van der Waals surface area contributed by atoms with Crippen molar-refractivity contribution in [1.82, 2.24) is 4.98 Å². The number of hydrogen-bond acceptors (Lipinski definition) is 3. The Balaban J connectivity index is 1.86. The quantitative estimate of drug-likeness (QED) is 0.606. The van der Waals surface area contributed by atoms with Gasteiger partial charge >= 0.3 is 0 Å². The van der Waals surface area contributed by atoms with Crippen LogP contribution in [0.25, 0.3) is 4.85 Å². The molecule has 0 spiro atoms. The van der Waals surface area contributed by atoms with Gasteiger partial charge in [0.05, 0.1) is 13.0 Å². The molecule has 1 aromatic heterocycles. The summed E-state index contributed by atoms with van der Waals surface area (Å²) in [6.45, 7) is 8.76. The van der Waals surface area contributed by atoms with E-state index in [0.717, 1.165) is 16.8 Å². The minimum absolute atomic E-state index is 0.0710. The van der Waals surface area contributed by atoms with Gasteiger partial charge in [-0.15, -0.1) is 0 Å². The summed E-state index contributed by atoms with van der Waals surface area (Å²) in [4.78, 5) is 31.3. The first-order valence-corrected chi connectivity index (χ1v) is 6.98. The Morgan fingerprint density at radius 3 is 2.14 bits per heavy atom. The lowest BCUT2D eigenvalue weighted by Gasteiger charge is -2.03. The maximum Gasteiger partial charge on any atom is 0.187 e. The van der Waals surface area contributed by atoms with E-state index in [1.165, 1.54) is 0 Å². The van der Waals surface area contributed by atoms with Gasteiger partial charge in [0.1, 0.15) is 11.6 Å². The first-order valence-electron chi connectivity index (χ1n) is 6.98.